The quantitative estimate of drug-likeness (QED) is 0.0262. The summed E-state index contributed by atoms with van der Waals surface area (Å²) in [5, 5.41) is 0. The zero-order chi connectivity index (χ0) is 46.5. The molecule has 0 radical (unpaired) electrons. The maximum absolute atomic E-state index is 12.8. The Morgan fingerprint density at radius 3 is 0.969 bits per heavy atom. The topological polar surface area (TPSA) is 78.9 Å². The molecule has 0 amide bonds. The van der Waals surface area contributed by atoms with Crippen molar-refractivity contribution in [2.75, 3.05) is 13.2 Å². The predicted molar refractivity (Wildman–Crippen MR) is 275 cm³/mol. The molecule has 0 rings (SSSR count). The first-order valence-electron chi connectivity index (χ1n) is 27.3. The fourth-order valence-electron chi connectivity index (χ4n) is 7.66. The van der Waals surface area contributed by atoms with Crippen molar-refractivity contribution < 1.29 is 28.6 Å². The molecule has 0 aliphatic rings. The van der Waals surface area contributed by atoms with Crippen LogP contribution in [0.5, 0.6) is 0 Å². The van der Waals surface area contributed by atoms with Crippen LogP contribution in [0.3, 0.4) is 0 Å². The maximum Gasteiger partial charge on any atom is 0.306 e. The maximum atomic E-state index is 12.8. The van der Waals surface area contributed by atoms with Crippen molar-refractivity contribution in [2.24, 2.45) is 0 Å². The third-order valence-corrected chi connectivity index (χ3v) is 11.8. The van der Waals surface area contributed by atoms with Gasteiger partial charge in [0.1, 0.15) is 13.2 Å². The zero-order valence-corrected chi connectivity index (χ0v) is 42.3. The summed E-state index contributed by atoms with van der Waals surface area (Å²) in [4.78, 5) is 38.0. The van der Waals surface area contributed by atoms with Crippen molar-refractivity contribution in [1.29, 1.82) is 0 Å². The number of carbonyl (C=O) groups excluding carboxylic acids is 3. The number of hydrogen-bond donors (Lipinski definition) is 0. The first kappa shape index (κ1) is 61.1. The van der Waals surface area contributed by atoms with Crippen molar-refractivity contribution in [3.05, 3.63) is 60.8 Å². The average Bonchev–Trinajstić information content (AvgIpc) is 3.29. The Balaban J connectivity index is 4.38. The predicted octanol–water partition coefficient (Wildman–Crippen LogP) is 18.0. The molecule has 0 aromatic heterocycles. The van der Waals surface area contributed by atoms with E-state index in [1.165, 1.54) is 128 Å². The average molecular weight is 895 g/mol. The molecule has 0 aromatic rings. The number of ether oxygens (including phenoxy) is 3. The summed E-state index contributed by atoms with van der Waals surface area (Å²) in [6, 6.07) is 0. The van der Waals surface area contributed by atoms with Gasteiger partial charge in [-0.2, -0.15) is 0 Å². The minimum Gasteiger partial charge on any atom is -0.462 e. The third kappa shape index (κ3) is 50.1. The monoisotopic (exact) mass is 895 g/mol. The lowest BCUT2D eigenvalue weighted by atomic mass is 10.0. The van der Waals surface area contributed by atoms with E-state index in [4.69, 9.17) is 14.2 Å². The Hall–Kier alpha value is -2.89. The standard InChI is InChI=1S/C58H102O6/c1-4-7-10-13-16-19-22-25-27-28-29-30-31-34-36-39-42-45-48-51-57(60)63-54-55(53-62-56(59)50-47-44-41-38-35-32-24-21-18-15-12-9-6-3)64-58(61)52-49-46-43-40-37-33-26-23-20-17-14-11-8-5-2/h7,10,16,19,23,25-27,29-30,55H,4-6,8-9,11-15,17-18,20-22,24,28,31-54H2,1-3H3/b10-7-,19-16-,26-23-,27-25-,30-29-. The Morgan fingerprint density at radius 2 is 0.609 bits per heavy atom. The number of rotatable bonds is 49. The molecule has 6 nitrogen and oxygen atoms in total. The normalized spacial score (nSPS) is 12.5. The van der Waals surface area contributed by atoms with Crippen molar-refractivity contribution in [1.82, 2.24) is 0 Å². The molecule has 1 atom stereocenters. The second-order valence-electron chi connectivity index (χ2n) is 18.1. The molecule has 0 bridgehead atoms. The van der Waals surface area contributed by atoms with Crippen LogP contribution in [-0.2, 0) is 28.6 Å². The van der Waals surface area contributed by atoms with Crippen LogP contribution in [0.1, 0.15) is 271 Å². The molecule has 1 unspecified atom stereocenters. The third-order valence-electron chi connectivity index (χ3n) is 11.8. The summed E-state index contributed by atoms with van der Waals surface area (Å²) in [7, 11) is 0. The highest BCUT2D eigenvalue weighted by molar-refractivity contribution is 5.71. The van der Waals surface area contributed by atoms with Gasteiger partial charge >= 0.3 is 17.9 Å². The van der Waals surface area contributed by atoms with Gasteiger partial charge in [-0.25, -0.2) is 0 Å². The molecular formula is C58H102O6. The minimum atomic E-state index is -0.782. The molecule has 6 heteroatoms. The van der Waals surface area contributed by atoms with E-state index in [0.29, 0.717) is 19.3 Å². The SMILES string of the molecule is CC/C=C\C/C=C\C/C=C\C/C=C\CCCCCCCCC(=O)OCC(COC(=O)CCCCCCCCCCCCCCC)OC(=O)CCCCCCC/C=C\CCCCCCC. The van der Waals surface area contributed by atoms with Crippen LogP contribution in [0.4, 0.5) is 0 Å². The van der Waals surface area contributed by atoms with Crippen molar-refractivity contribution in [3.8, 4) is 0 Å². The molecular weight excluding hydrogens is 793 g/mol. The Bertz CT molecular complexity index is 1170. The van der Waals surface area contributed by atoms with Gasteiger partial charge < -0.3 is 14.2 Å². The highest BCUT2D eigenvalue weighted by Gasteiger charge is 2.19. The molecule has 370 valence electrons. The van der Waals surface area contributed by atoms with Crippen LogP contribution in [0, 0.1) is 0 Å². The first-order chi connectivity index (χ1) is 31.5. The van der Waals surface area contributed by atoms with E-state index in [0.717, 1.165) is 103 Å². The lowest BCUT2D eigenvalue weighted by molar-refractivity contribution is -0.167. The summed E-state index contributed by atoms with van der Waals surface area (Å²) >= 11 is 0. The van der Waals surface area contributed by atoms with E-state index in [-0.39, 0.29) is 31.1 Å². The van der Waals surface area contributed by atoms with Gasteiger partial charge in [0.15, 0.2) is 6.10 Å². The fourth-order valence-corrected chi connectivity index (χ4v) is 7.66. The largest absolute Gasteiger partial charge is 0.462 e. The lowest BCUT2D eigenvalue weighted by Gasteiger charge is -2.18. The summed E-state index contributed by atoms with van der Waals surface area (Å²) in [5.74, 6) is -0.895. The second-order valence-corrected chi connectivity index (χ2v) is 18.1. The molecule has 0 fully saturated rings. The lowest BCUT2D eigenvalue weighted by Crippen LogP contribution is -2.30. The first-order valence-corrected chi connectivity index (χ1v) is 27.3. The van der Waals surface area contributed by atoms with E-state index >= 15 is 0 Å². The molecule has 0 saturated carbocycles. The van der Waals surface area contributed by atoms with Gasteiger partial charge in [0.25, 0.3) is 0 Å². The molecule has 0 aliphatic heterocycles. The minimum absolute atomic E-state index is 0.0799. The van der Waals surface area contributed by atoms with E-state index < -0.39 is 6.10 Å². The highest BCUT2D eigenvalue weighted by atomic mass is 16.6. The summed E-state index contributed by atoms with van der Waals surface area (Å²) < 4.78 is 16.8. The van der Waals surface area contributed by atoms with Gasteiger partial charge in [0.05, 0.1) is 0 Å². The van der Waals surface area contributed by atoms with Crippen LogP contribution >= 0.6 is 0 Å². The van der Waals surface area contributed by atoms with E-state index in [1.54, 1.807) is 0 Å². The second kappa shape index (κ2) is 52.7. The van der Waals surface area contributed by atoms with E-state index in [2.05, 4.69) is 81.5 Å². The van der Waals surface area contributed by atoms with Gasteiger partial charge in [-0.05, 0) is 83.5 Å². The number of esters is 3. The van der Waals surface area contributed by atoms with Gasteiger partial charge in [-0.3, -0.25) is 14.4 Å². The van der Waals surface area contributed by atoms with Crippen LogP contribution in [0.15, 0.2) is 60.8 Å². The zero-order valence-electron chi connectivity index (χ0n) is 42.3. The molecule has 0 saturated heterocycles. The van der Waals surface area contributed by atoms with Crippen molar-refractivity contribution in [2.45, 2.75) is 277 Å². The van der Waals surface area contributed by atoms with Gasteiger partial charge in [0.2, 0.25) is 0 Å². The number of hydrogen-bond acceptors (Lipinski definition) is 6. The van der Waals surface area contributed by atoms with Gasteiger partial charge in [-0.1, -0.05) is 229 Å². The summed E-state index contributed by atoms with van der Waals surface area (Å²) in [6.45, 7) is 6.51. The molecule has 0 spiro atoms. The van der Waals surface area contributed by atoms with E-state index in [9.17, 15) is 14.4 Å². The highest BCUT2D eigenvalue weighted by Crippen LogP contribution is 2.15. The van der Waals surface area contributed by atoms with Gasteiger partial charge in [0, 0.05) is 19.3 Å². The molecule has 0 N–H and O–H groups in total. The Morgan fingerprint density at radius 1 is 0.328 bits per heavy atom. The number of carbonyl (C=O) groups is 3. The Kier molecular flexibility index (Phi) is 50.4. The fraction of sp³-hybridized carbons (Fsp3) is 0.776. The number of unbranched alkanes of at least 4 members (excludes halogenated alkanes) is 28. The van der Waals surface area contributed by atoms with Crippen LogP contribution < -0.4 is 0 Å². The Labute approximate surface area is 396 Å². The van der Waals surface area contributed by atoms with Crippen LogP contribution in [0.25, 0.3) is 0 Å². The van der Waals surface area contributed by atoms with Crippen LogP contribution in [-0.4, -0.2) is 37.2 Å². The number of allylic oxidation sites excluding steroid dienone is 10. The smallest absolute Gasteiger partial charge is 0.306 e. The summed E-state index contributed by atoms with van der Waals surface area (Å²) in [6.07, 6.45) is 64.9. The van der Waals surface area contributed by atoms with Crippen LogP contribution in [0.2, 0.25) is 0 Å². The molecule has 0 heterocycles. The van der Waals surface area contributed by atoms with Crippen molar-refractivity contribution >= 4 is 17.9 Å². The summed E-state index contributed by atoms with van der Waals surface area (Å²) in [5.41, 5.74) is 0. The van der Waals surface area contributed by atoms with Gasteiger partial charge in [-0.15, -0.1) is 0 Å². The van der Waals surface area contributed by atoms with E-state index in [1.807, 2.05) is 0 Å². The molecule has 64 heavy (non-hydrogen) atoms. The van der Waals surface area contributed by atoms with Crippen molar-refractivity contribution in [3.63, 3.8) is 0 Å². The molecule has 0 aliphatic carbocycles. The molecule has 0 aromatic carbocycles.